The van der Waals surface area contributed by atoms with Gasteiger partial charge in [-0.2, -0.15) is 0 Å². The molecule has 3 aromatic rings. The number of amides is 1. The smallest absolute Gasteiger partial charge is 0.223 e. The van der Waals surface area contributed by atoms with Crippen molar-refractivity contribution in [1.82, 2.24) is 15.0 Å². The number of hydrogen-bond acceptors (Lipinski definition) is 5. The Labute approximate surface area is 172 Å². The number of methoxy groups -OCH3 is 1. The molecule has 7 nitrogen and oxygen atoms in total. The summed E-state index contributed by atoms with van der Waals surface area (Å²) in [6.07, 6.45) is 6.75. The Morgan fingerprint density at radius 2 is 2.17 bits per heavy atom. The van der Waals surface area contributed by atoms with Gasteiger partial charge in [-0.3, -0.25) is 4.79 Å². The fourth-order valence-electron chi connectivity index (χ4n) is 4.56. The number of ether oxygens (including phenoxy) is 1. The largest absolute Gasteiger partial charge is 0.497 e. The van der Waals surface area contributed by atoms with Gasteiger partial charge in [0.05, 0.1) is 29.9 Å². The summed E-state index contributed by atoms with van der Waals surface area (Å²) in [5.41, 5.74) is 8.51. The minimum atomic E-state index is -0.289. The first-order chi connectivity index (χ1) is 14.0. The maximum atomic E-state index is 12.1. The highest BCUT2D eigenvalue weighted by atomic mass is 35.5. The third kappa shape index (κ3) is 2.93. The highest BCUT2D eigenvalue weighted by Gasteiger charge is 2.47. The maximum Gasteiger partial charge on any atom is 0.223 e. The van der Waals surface area contributed by atoms with Crippen molar-refractivity contribution in [3.63, 3.8) is 0 Å². The highest BCUT2D eigenvalue weighted by molar-refractivity contribution is 6.34. The third-order valence-electron chi connectivity index (χ3n) is 5.92. The Morgan fingerprint density at radius 1 is 1.34 bits per heavy atom. The molecule has 1 fully saturated rings. The molecule has 4 N–H and O–H groups in total. The SMILES string of the molecule is COc1cccc(-c2nc3ncc(Cl)c(N[C@H]4[C@@H](C(N)=O)[C@@H]5C=C[C@H]4C5)c3[nH]2)c1. The van der Waals surface area contributed by atoms with Crippen LogP contribution in [-0.2, 0) is 4.79 Å². The number of imidazole rings is 1. The van der Waals surface area contributed by atoms with Gasteiger partial charge < -0.3 is 20.8 Å². The summed E-state index contributed by atoms with van der Waals surface area (Å²) in [4.78, 5) is 24.4. The van der Waals surface area contributed by atoms with Crippen LogP contribution in [0.5, 0.6) is 5.75 Å². The molecular weight excluding hydrogens is 390 g/mol. The van der Waals surface area contributed by atoms with Crippen LogP contribution in [0.3, 0.4) is 0 Å². The van der Waals surface area contributed by atoms with Crippen molar-refractivity contribution in [2.75, 3.05) is 12.4 Å². The van der Waals surface area contributed by atoms with Gasteiger partial charge in [0.15, 0.2) is 5.65 Å². The van der Waals surface area contributed by atoms with E-state index in [1.54, 1.807) is 13.3 Å². The zero-order valence-corrected chi connectivity index (χ0v) is 16.5. The molecule has 0 unspecified atom stereocenters. The second-order valence-corrected chi connectivity index (χ2v) is 7.95. The molecule has 2 aromatic heterocycles. The molecule has 4 atom stereocenters. The number of anilines is 1. The van der Waals surface area contributed by atoms with Crippen molar-refractivity contribution in [3.05, 3.63) is 47.6 Å². The zero-order chi connectivity index (χ0) is 20.1. The number of nitrogens with one attached hydrogen (secondary N) is 2. The van der Waals surface area contributed by atoms with E-state index < -0.39 is 0 Å². The number of pyridine rings is 1. The molecular formula is C21H20ClN5O2. The number of H-pyrrole nitrogens is 1. The van der Waals surface area contributed by atoms with Crippen molar-refractivity contribution in [2.24, 2.45) is 23.5 Å². The lowest BCUT2D eigenvalue weighted by atomic mass is 9.88. The number of carbonyl (C=O) groups excluding carboxylic acids is 1. The van der Waals surface area contributed by atoms with Crippen LogP contribution in [0.15, 0.2) is 42.6 Å². The molecule has 8 heteroatoms. The predicted octanol–water partition coefficient (Wildman–Crippen LogP) is 3.37. The first-order valence-electron chi connectivity index (χ1n) is 9.48. The van der Waals surface area contributed by atoms with Gasteiger partial charge in [-0.05, 0) is 30.4 Å². The normalized spacial score (nSPS) is 24.9. The molecule has 2 heterocycles. The number of hydrogen-bond donors (Lipinski definition) is 3. The summed E-state index contributed by atoms with van der Waals surface area (Å²) in [6.45, 7) is 0. The van der Waals surface area contributed by atoms with Gasteiger partial charge in [0.25, 0.3) is 0 Å². The van der Waals surface area contributed by atoms with Crippen LogP contribution in [0.2, 0.25) is 5.02 Å². The lowest BCUT2D eigenvalue weighted by Gasteiger charge is -2.28. The number of nitrogens with zero attached hydrogens (tertiary/aromatic N) is 2. The number of nitrogens with two attached hydrogens (primary N) is 1. The standard InChI is InChI=1S/C21H20ClN5O2/c1-29-13-4-2-3-12(8-13)20-26-18-17(14(22)9-24-21(18)27-20)25-16-11-6-5-10(7-11)15(16)19(23)28/h2-6,8-11,15-16H,7H2,1H3,(H2,23,28)(H2,24,25,26,27)/t10-,11+,15+,16-/m1/s1. The molecule has 2 aliphatic carbocycles. The van der Waals surface area contributed by atoms with Crippen LogP contribution in [-0.4, -0.2) is 34.0 Å². The number of halogens is 1. The first kappa shape index (κ1) is 18.0. The molecule has 29 heavy (non-hydrogen) atoms. The van der Waals surface area contributed by atoms with Gasteiger partial charge in [0, 0.05) is 11.6 Å². The van der Waals surface area contributed by atoms with E-state index in [9.17, 15) is 4.79 Å². The Morgan fingerprint density at radius 3 is 2.97 bits per heavy atom. The molecule has 1 saturated carbocycles. The van der Waals surface area contributed by atoms with Gasteiger partial charge in [0.1, 0.15) is 17.1 Å². The van der Waals surface area contributed by atoms with Crippen molar-refractivity contribution in [1.29, 1.82) is 0 Å². The van der Waals surface area contributed by atoms with E-state index in [1.807, 2.05) is 24.3 Å². The number of aromatic nitrogens is 3. The van der Waals surface area contributed by atoms with E-state index in [2.05, 4.69) is 32.4 Å². The highest BCUT2D eigenvalue weighted by Crippen LogP contribution is 2.46. The summed E-state index contributed by atoms with van der Waals surface area (Å²) in [6, 6.07) is 7.52. The van der Waals surface area contributed by atoms with Crippen molar-refractivity contribution in [2.45, 2.75) is 12.5 Å². The Hall–Kier alpha value is -3.06. The van der Waals surface area contributed by atoms with E-state index in [1.165, 1.54) is 0 Å². The summed E-state index contributed by atoms with van der Waals surface area (Å²) in [5, 5.41) is 3.95. The number of rotatable bonds is 5. The number of fused-ring (bicyclic) bond motifs is 3. The first-order valence-corrected chi connectivity index (χ1v) is 9.86. The van der Waals surface area contributed by atoms with Crippen LogP contribution < -0.4 is 15.8 Å². The number of allylic oxidation sites excluding steroid dienone is 1. The lowest BCUT2D eigenvalue weighted by molar-refractivity contribution is -0.122. The number of benzene rings is 1. The molecule has 2 aliphatic rings. The van der Waals surface area contributed by atoms with Gasteiger partial charge in [-0.25, -0.2) is 9.97 Å². The zero-order valence-electron chi connectivity index (χ0n) is 15.7. The topological polar surface area (TPSA) is 106 Å². The van der Waals surface area contributed by atoms with Gasteiger partial charge in [0.2, 0.25) is 5.91 Å². The molecule has 0 aliphatic heterocycles. The second kappa shape index (κ2) is 6.77. The van der Waals surface area contributed by atoms with Gasteiger partial charge in [-0.15, -0.1) is 0 Å². The molecule has 1 amide bonds. The molecule has 148 valence electrons. The number of aromatic amines is 1. The van der Waals surface area contributed by atoms with Crippen LogP contribution in [0.25, 0.3) is 22.6 Å². The van der Waals surface area contributed by atoms with Crippen LogP contribution in [0.4, 0.5) is 5.69 Å². The van der Waals surface area contributed by atoms with Gasteiger partial charge >= 0.3 is 0 Å². The van der Waals surface area contributed by atoms with Gasteiger partial charge in [-0.1, -0.05) is 35.9 Å². The summed E-state index contributed by atoms with van der Waals surface area (Å²) in [5.74, 6) is 1.28. The number of carbonyl (C=O) groups is 1. The fourth-order valence-corrected chi connectivity index (χ4v) is 4.75. The lowest BCUT2D eigenvalue weighted by Crippen LogP contribution is -2.41. The average molecular weight is 410 g/mol. The Bertz CT molecular complexity index is 1140. The van der Waals surface area contributed by atoms with Crippen molar-refractivity contribution in [3.8, 4) is 17.1 Å². The molecule has 0 spiro atoms. The van der Waals surface area contributed by atoms with Crippen molar-refractivity contribution >= 4 is 34.4 Å². The fraction of sp³-hybridized carbons (Fsp3) is 0.286. The molecule has 5 rings (SSSR count). The quantitative estimate of drug-likeness (QED) is 0.560. The number of primary amides is 1. The summed E-state index contributed by atoms with van der Waals surface area (Å²) >= 11 is 6.49. The Balaban J connectivity index is 1.55. The van der Waals surface area contributed by atoms with E-state index in [0.29, 0.717) is 27.7 Å². The minimum Gasteiger partial charge on any atom is -0.497 e. The Kier molecular flexibility index (Phi) is 4.20. The van der Waals surface area contributed by atoms with Crippen LogP contribution in [0, 0.1) is 17.8 Å². The molecule has 0 radical (unpaired) electrons. The average Bonchev–Trinajstić information content (AvgIpc) is 3.44. The van der Waals surface area contributed by atoms with E-state index in [0.717, 1.165) is 17.7 Å². The predicted molar refractivity (Wildman–Crippen MR) is 112 cm³/mol. The molecule has 1 aromatic carbocycles. The van der Waals surface area contributed by atoms with Crippen LogP contribution >= 0.6 is 11.6 Å². The second-order valence-electron chi connectivity index (χ2n) is 7.54. The molecule has 2 bridgehead atoms. The monoisotopic (exact) mass is 409 g/mol. The minimum absolute atomic E-state index is 0.103. The van der Waals surface area contributed by atoms with E-state index in [4.69, 9.17) is 22.1 Å². The maximum absolute atomic E-state index is 12.1. The summed E-state index contributed by atoms with van der Waals surface area (Å²) < 4.78 is 5.30. The summed E-state index contributed by atoms with van der Waals surface area (Å²) in [7, 11) is 1.63. The van der Waals surface area contributed by atoms with Crippen LogP contribution in [0.1, 0.15) is 6.42 Å². The molecule has 0 saturated heterocycles. The van der Waals surface area contributed by atoms with E-state index in [-0.39, 0.29) is 29.7 Å². The third-order valence-corrected chi connectivity index (χ3v) is 6.20. The van der Waals surface area contributed by atoms with Crippen molar-refractivity contribution < 1.29 is 9.53 Å². The van der Waals surface area contributed by atoms with E-state index >= 15 is 0 Å².